The molecule has 0 fully saturated rings. The van der Waals surface area contributed by atoms with Crippen LogP contribution in [0.5, 0.6) is 0 Å². The van der Waals surface area contributed by atoms with Gasteiger partial charge in [-0.3, -0.25) is 4.79 Å². The maximum atomic E-state index is 11.5. The van der Waals surface area contributed by atoms with Crippen LogP contribution in [0.15, 0.2) is 0 Å². The normalized spacial score (nSPS) is 11.2. The number of esters is 2. The van der Waals surface area contributed by atoms with Crippen molar-refractivity contribution in [2.24, 2.45) is 5.73 Å². The zero-order chi connectivity index (χ0) is 20.5. The Morgan fingerprint density at radius 2 is 1.23 bits per heavy atom. The third kappa shape index (κ3) is 14.8. The number of hydrogen-bond donors (Lipinski definition) is 2. The number of alkyl carbamates (subject to hydrolysis) is 1. The number of amides is 1. The molecule has 9 heteroatoms. The molecule has 0 heterocycles. The van der Waals surface area contributed by atoms with E-state index in [1.54, 1.807) is 62.3 Å². The predicted molar refractivity (Wildman–Crippen MR) is 102 cm³/mol. The molecule has 0 aromatic rings. The molecule has 0 aliphatic rings. The van der Waals surface area contributed by atoms with Crippen molar-refractivity contribution in [1.29, 1.82) is 0 Å². The van der Waals surface area contributed by atoms with Crippen LogP contribution in [0.1, 0.15) is 62.3 Å². The summed E-state index contributed by atoms with van der Waals surface area (Å²) in [7, 11) is 0. The monoisotopic (exact) mass is 398 g/mol. The molecule has 0 spiro atoms. The minimum Gasteiger partial charge on any atom is -0.465 e. The summed E-state index contributed by atoms with van der Waals surface area (Å²) in [4.78, 5) is 33.6. The minimum atomic E-state index is -1.08. The van der Waals surface area contributed by atoms with Gasteiger partial charge >= 0.3 is 18.0 Å². The fraction of sp³-hybridized carbons (Fsp3) is 0.824. The lowest BCUT2D eigenvalue weighted by molar-refractivity contribution is -0.150. The lowest BCUT2D eigenvalue weighted by atomic mass is 10.1. The van der Waals surface area contributed by atoms with Gasteiger partial charge < -0.3 is 25.3 Å². The van der Waals surface area contributed by atoms with Crippen molar-refractivity contribution >= 4 is 30.4 Å². The van der Waals surface area contributed by atoms with Crippen molar-refractivity contribution in [3.8, 4) is 0 Å². The van der Waals surface area contributed by atoms with Gasteiger partial charge in [-0.25, -0.2) is 9.59 Å². The van der Waals surface area contributed by atoms with E-state index in [-0.39, 0.29) is 25.0 Å². The average molecular weight is 399 g/mol. The van der Waals surface area contributed by atoms with Crippen LogP contribution in [0.25, 0.3) is 0 Å². The number of halogens is 1. The maximum absolute atomic E-state index is 11.5. The highest BCUT2D eigenvalue weighted by molar-refractivity contribution is 5.85. The number of nitrogens with two attached hydrogens (primary N) is 1. The first-order valence-corrected chi connectivity index (χ1v) is 8.21. The van der Waals surface area contributed by atoms with Gasteiger partial charge in [0.05, 0.1) is 13.2 Å². The van der Waals surface area contributed by atoms with E-state index in [1.165, 1.54) is 0 Å². The van der Waals surface area contributed by atoms with Crippen molar-refractivity contribution in [3.05, 3.63) is 0 Å². The Bertz CT molecular complexity index is 453. The topological polar surface area (TPSA) is 117 Å². The quantitative estimate of drug-likeness (QED) is 0.539. The molecule has 0 saturated carbocycles. The Kier molecular flexibility index (Phi) is 13.4. The number of ether oxygens (including phenoxy) is 3. The van der Waals surface area contributed by atoms with Crippen LogP contribution in [0.2, 0.25) is 0 Å². The van der Waals surface area contributed by atoms with Gasteiger partial charge in [-0.1, -0.05) is 0 Å². The molecular formula is C17H35ClN2O6. The number of carbonyl (C=O) groups is 3. The van der Waals surface area contributed by atoms with E-state index in [4.69, 9.17) is 15.2 Å². The van der Waals surface area contributed by atoms with Gasteiger partial charge in [-0.05, 0) is 62.3 Å². The first-order chi connectivity index (χ1) is 11.1. The number of hydrogen-bond acceptors (Lipinski definition) is 7. The molecule has 0 unspecified atom stereocenters. The summed E-state index contributed by atoms with van der Waals surface area (Å²) < 4.78 is 14.5. The van der Waals surface area contributed by atoms with Crippen molar-refractivity contribution < 1.29 is 28.6 Å². The average Bonchev–Trinajstić information content (AvgIpc) is 2.35. The second-order valence-corrected chi connectivity index (χ2v) is 7.41. The highest BCUT2D eigenvalue weighted by Crippen LogP contribution is 2.10. The van der Waals surface area contributed by atoms with E-state index in [2.05, 4.69) is 10.1 Å². The second kappa shape index (κ2) is 12.0. The summed E-state index contributed by atoms with van der Waals surface area (Å²) in [5.41, 5.74) is 2.87. The summed E-state index contributed by atoms with van der Waals surface area (Å²) in [6.45, 7) is 15.8. The summed E-state index contributed by atoms with van der Waals surface area (Å²) >= 11 is 0. The molecule has 0 aliphatic carbocycles. The van der Waals surface area contributed by atoms with E-state index in [0.29, 0.717) is 6.61 Å². The van der Waals surface area contributed by atoms with Gasteiger partial charge in [0.25, 0.3) is 0 Å². The lowest BCUT2D eigenvalue weighted by Gasteiger charge is -2.26. The molecule has 3 N–H and O–H groups in total. The van der Waals surface area contributed by atoms with Crippen LogP contribution in [-0.4, -0.2) is 47.9 Å². The Morgan fingerprint density at radius 3 is 1.50 bits per heavy atom. The molecule has 156 valence electrons. The standard InChI is InChI=1S/C11H21NO4.C6H13NO2.ClH/c1-7-15-8(13)11(5,6)12-9(14)16-10(2,3)4;1-4-9-5(8)6(2,3)7;/h7H2,1-6H3,(H,12,14);4,7H2,1-3H3;1H. The van der Waals surface area contributed by atoms with E-state index in [0.717, 1.165) is 0 Å². The fourth-order valence-electron chi connectivity index (χ4n) is 1.24. The molecule has 0 rings (SSSR count). The van der Waals surface area contributed by atoms with E-state index < -0.39 is 28.7 Å². The van der Waals surface area contributed by atoms with Crippen LogP contribution in [0, 0.1) is 0 Å². The minimum absolute atomic E-state index is 0. The zero-order valence-electron chi connectivity index (χ0n) is 17.3. The third-order valence-electron chi connectivity index (χ3n) is 2.40. The van der Waals surface area contributed by atoms with Crippen molar-refractivity contribution in [2.75, 3.05) is 13.2 Å². The smallest absolute Gasteiger partial charge is 0.408 e. The van der Waals surface area contributed by atoms with Crippen molar-refractivity contribution in [2.45, 2.75) is 79.0 Å². The largest absolute Gasteiger partial charge is 0.465 e. The number of carbonyl (C=O) groups excluding carboxylic acids is 3. The van der Waals surface area contributed by atoms with Gasteiger partial charge in [0.1, 0.15) is 16.7 Å². The van der Waals surface area contributed by atoms with Crippen molar-refractivity contribution in [3.63, 3.8) is 0 Å². The van der Waals surface area contributed by atoms with Gasteiger partial charge in [-0.15, -0.1) is 12.4 Å². The first kappa shape index (κ1) is 29.2. The molecule has 0 aromatic carbocycles. The molecule has 0 bridgehead atoms. The maximum Gasteiger partial charge on any atom is 0.408 e. The number of rotatable bonds is 5. The van der Waals surface area contributed by atoms with Crippen LogP contribution >= 0.6 is 12.4 Å². The molecule has 0 radical (unpaired) electrons. The molecule has 26 heavy (non-hydrogen) atoms. The van der Waals surface area contributed by atoms with E-state index in [9.17, 15) is 14.4 Å². The van der Waals surface area contributed by atoms with Gasteiger partial charge in [-0.2, -0.15) is 0 Å². The van der Waals surface area contributed by atoms with Crippen LogP contribution in [-0.2, 0) is 23.8 Å². The molecule has 0 saturated heterocycles. The van der Waals surface area contributed by atoms with Crippen LogP contribution in [0.3, 0.4) is 0 Å². The van der Waals surface area contributed by atoms with E-state index in [1.807, 2.05) is 0 Å². The molecular weight excluding hydrogens is 364 g/mol. The lowest BCUT2D eigenvalue weighted by Crippen LogP contribution is -2.51. The zero-order valence-corrected chi connectivity index (χ0v) is 18.2. The second-order valence-electron chi connectivity index (χ2n) is 7.41. The highest BCUT2D eigenvalue weighted by Gasteiger charge is 2.32. The SMILES string of the molecule is CCOC(=O)C(C)(C)N.CCOC(=O)C(C)(C)NC(=O)OC(C)(C)C.Cl. The van der Waals surface area contributed by atoms with Crippen molar-refractivity contribution in [1.82, 2.24) is 5.32 Å². The van der Waals surface area contributed by atoms with Crippen LogP contribution < -0.4 is 11.1 Å². The Balaban J connectivity index is -0.000000453. The molecule has 8 nitrogen and oxygen atoms in total. The molecule has 0 aromatic heterocycles. The molecule has 0 aliphatic heterocycles. The molecule has 1 amide bonds. The summed E-state index contributed by atoms with van der Waals surface area (Å²) in [5, 5.41) is 2.46. The highest BCUT2D eigenvalue weighted by atomic mass is 35.5. The Hall–Kier alpha value is -1.54. The Morgan fingerprint density at radius 1 is 0.846 bits per heavy atom. The Labute approximate surface area is 162 Å². The molecule has 0 atom stereocenters. The van der Waals surface area contributed by atoms with Crippen LogP contribution in [0.4, 0.5) is 4.79 Å². The van der Waals surface area contributed by atoms with Gasteiger partial charge in [0.15, 0.2) is 0 Å². The third-order valence-corrected chi connectivity index (χ3v) is 2.40. The summed E-state index contributed by atoms with van der Waals surface area (Å²) in [6, 6.07) is 0. The van der Waals surface area contributed by atoms with Gasteiger partial charge in [0, 0.05) is 0 Å². The van der Waals surface area contributed by atoms with E-state index >= 15 is 0 Å². The number of nitrogens with one attached hydrogen (secondary N) is 1. The first-order valence-electron chi connectivity index (χ1n) is 8.21. The fourth-order valence-corrected chi connectivity index (χ4v) is 1.24. The van der Waals surface area contributed by atoms with Gasteiger partial charge in [0.2, 0.25) is 0 Å². The predicted octanol–water partition coefficient (Wildman–Crippen LogP) is 2.56. The summed E-state index contributed by atoms with van der Waals surface area (Å²) in [6.07, 6.45) is -0.634. The summed E-state index contributed by atoms with van der Waals surface area (Å²) in [5.74, 6) is -0.842.